The molecule has 2 N–H and O–H groups in total. The van der Waals surface area contributed by atoms with Gasteiger partial charge < -0.3 is 15.3 Å². The summed E-state index contributed by atoms with van der Waals surface area (Å²) < 4.78 is 0.959. The number of hydrogen-bond acceptors (Lipinski definition) is 6. The van der Waals surface area contributed by atoms with E-state index in [2.05, 4.69) is 5.32 Å². The molecule has 3 amide bonds. The second-order valence-electron chi connectivity index (χ2n) is 5.76. The van der Waals surface area contributed by atoms with E-state index in [0.29, 0.717) is 10.6 Å². The fourth-order valence-electron chi connectivity index (χ4n) is 2.51. The maximum Gasteiger partial charge on any atom is 0.277 e. The van der Waals surface area contributed by atoms with Crippen molar-refractivity contribution in [3.63, 3.8) is 0 Å². The Bertz CT molecular complexity index is 900. The standard InChI is InChI=1S/C17H17N3O4S/c1-19(2)17(24)14-8-10-7-11(3-4-13(10)25-14)18-12-9-15(22)20(5-6-21)16(12)23/h3-4,7-9,18,21H,5-6H2,1-2H3. The minimum atomic E-state index is -0.465. The Balaban J connectivity index is 1.83. The van der Waals surface area contributed by atoms with Crippen LogP contribution in [0.1, 0.15) is 9.67 Å². The van der Waals surface area contributed by atoms with Crippen LogP contribution in [0.5, 0.6) is 0 Å². The fourth-order valence-corrected chi connectivity index (χ4v) is 3.58. The quantitative estimate of drug-likeness (QED) is 0.785. The van der Waals surface area contributed by atoms with Gasteiger partial charge in [0, 0.05) is 30.6 Å². The summed E-state index contributed by atoms with van der Waals surface area (Å²) in [5.41, 5.74) is 0.810. The molecule has 0 saturated carbocycles. The van der Waals surface area contributed by atoms with Crippen LogP contribution < -0.4 is 5.32 Å². The molecule has 7 nitrogen and oxygen atoms in total. The van der Waals surface area contributed by atoms with E-state index in [4.69, 9.17) is 5.11 Å². The Kier molecular flexibility index (Phi) is 4.56. The van der Waals surface area contributed by atoms with Gasteiger partial charge in [-0.1, -0.05) is 0 Å². The van der Waals surface area contributed by atoms with Gasteiger partial charge in [-0.05, 0) is 29.7 Å². The smallest absolute Gasteiger partial charge is 0.277 e. The monoisotopic (exact) mass is 359 g/mol. The number of fused-ring (bicyclic) bond motifs is 1. The summed E-state index contributed by atoms with van der Waals surface area (Å²) in [4.78, 5) is 39.1. The van der Waals surface area contributed by atoms with Gasteiger partial charge in [0.1, 0.15) is 5.70 Å². The Hall–Kier alpha value is -2.71. The number of thiophene rings is 1. The number of nitrogens with one attached hydrogen (secondary N) is 1. The Labute approximate surface area is 148 Å². The van der Waals surface area contributed by atoms with Crippen LogP contribution in [0.3, 0.4) is 0 Å². The van der Waals surface area contributed by atoms with Gasteiger partial charge in [0.25, 0.3) is 17.7 Å². The highest BCUT2D eigenvalue weighted by molar-refractivity contribution is 7.20. The normalized spacial score (nSPS) is 14.2. The molecule has 1 aromatic carbocycles. The van der Waals surface area contributed by atoms with Crippen molar-refractivity contribution in [2.75, 3.05) is 32.6 Å². The van der Waals surface area contributed by atoms with Crippen molar-refractivity contribution in [2.24, 2.45) is 0 Å². The zero-order chi connectivity index (χ0) is 18.1. The first-order chi connectivity index (χ1) is 11.9. The highest BCUT2D eigenvalue weighted by Gasteiger charge is 2.30. The number of anilines is 1. The maximum atomic E-state index is 12.2. The van der Waals surface area contributed by atoms with Crippen molar-refractivity contribution in [3.8, 4) is 0 Å². The lowest BCUT2D eigenvalue weighted by Crippen LogP contribution is -2.34. The number of nitrogens with zero attached hydrogens (tertiary/aromatic N) is 2. The van der Waals surface area contributed by atoms with Gasteiger partial charge in [0.2, 0.25) is 0 Å². The first-order valence-electron chi connectivity index (χ1n) is 7.61. The summed E-state index contributed by atoms with van der Waals surface area (Å²) in [6.07, 6.45) is 1.22. The molecule has 25 heavy (non-hydrogen) atoms. The van der Waals surface area contributed by atoms with Crippen molar-refractivity contribution in [1.82, 2.24) is 9.80 Å². The molecule has 0 bridgehead atoms. The fraction of sp³-hybridized carbons (Fsp3) is 0.235. The van der Waals surface area contributed by atoms with E-state index in [0.717, 1.165) is 15.0 Å². The van der Waals surface area contributed by atoms with Crippen molar-refractivity contribution in [3.05, 3.63) is 40.9 Å². The summed E-state index contributed by atoms with van der Waals surface area (Å²) in [6.45, 7) is -0.305. The number of carbonyl (C=O) groups is 3. The number of hydrogen-bond donors (Lipinski definition) is 2. The zero-order valence-electron chi connectivity index (χ0n) is 13.8. The molecule has 2 heterocycles. The molecule has 2 aromatic rings. The summed E-state index contributed by atoms with van der Waals surface area (Å²) >= 11 is 1.40. The van der Waals surface area contributed by atoms with Crippen LogP contribution in [0.15, 0.2) is 36.0 Å². The largest absolute Gasteiger partial charge is 0.395 e. The van der Waals surface area contributed by atoms with Crippen molar-refractivity contribution >= 4 is 44.8 Å². The van der Waals surface area contributed by atoms with Gasteiger partial charge >= 0.3 is 0 Å². The molecule has 0 saturated heterocycles. The van der Waals surface area contributed by atoms with Gasteiger partial charge in [-0.25, -0.2) is 0 Å². The average molecular weight is 359 g/mol. The molecule has 0 radical (unpaired) electrons. The molecule has 0 unspecified atom stereocenters. The maximum absolute atomic E-state index is 12.2. The lowest BCUT2D eigenvalue weighted by atomic mass is 10.2. The van der Waals surface area contributed by atoms with E-state index in [9.17, 15) is 14.4 Å². The number of imide groups is 1. The first-order valence-corrected chi connectivity index (χ1v) is 8.43. The highest BCUT2D eigenvalue weighted by Crippen LogP contribution is 2.29. The van der Waals surface area contributed by atoms with Gasteiger partial charge in [0.15, 0.2) is 0 Å². The predicted octanol–water partition coefficient (Wildman–Crippen LogP) is 1.26. The van der Waals surface area contributed by atoms with Crippen LogP contribution in [0, 0.1) is 0 Å². The minimum absolute atomic E-state index is 0.0288. The van der Waals surface area contributed by atoms with Crippen molar-refractivity contribution in [2.45, 2.75) is 0 Å². The minimum Gasteiger partial charge on any atom is -0.395 e. The van der Waals surface area contributed by atoms with Gasteiger partial charge in [-0.15, -0.1) is 11.3 Å². The Morgan fingerprint density at radius 2 is 2.04 bits per heavy atom. The lowest BCUT2D eigenvalue weighted by Gasteiger charge is -2.13. The number of amides is 3. The third-order valence-electron chi connectivity index (χ3n) is 3.75. The van der Waals surface area contributed by atoms with E-state index < -0.39 is 11.8 Å². The molecule has 0 spiro atoms. The second-order valence-corrected chi connectivity index (χ2v) is 6.85. The molecule has 1 aliphatic heterocycles. The number of aliphatic hydroxyl groups excluding tert-OH is 1. The number of rotatable bonds is 5. The van der Waals surface area contributed by atoms with Crippen LogP contribution in [0.25, 0.3) is 10.1 Å². The number of β-amino-alcohol motifs (C(OH)–C–C–N with tert-alkyl or cyclic N) is 1. The van der Waals surface area contributed by atoms with Crippen LogP contribution in [-0.2, 0) is 9.59 Å². The summed E-state index contributed by atoms with van der Waals surface area (Å²) in [5.74, 6) is -0.973. The molecule has 130 valence electrons. The van der Waals surface area contributed by atoms with Crippen LogP contribution in [0.2, 0.25) is 0 Å². The van der Waals surface area contributed by atoms with Crippen LogP contribution in [-0.4, -0.2) is 59.9 Å². The summed E-state index contributed by atoms with van der Waals surface area (Å²) in [7, 11) is 3.40. The zero-order valence-corrected chi connectivity index (χ0v) is 14.6. The van der Waals surface area contributed by atoms with E-state index in [1.54, 1.807) is 20.2 Å². The van der Waals surface area contributed by atoms with Gasteiger partial charge in [-0.2, -0.15) is 0 Å². The number of aliphatic hydroxyl groups is 1. The molecule has 3 rings (SSSR count). The Morgan fingerprint density at radius 1 is 1.28 bits per heavy atom. The Morgan fingerprint density at radius 3 is 2.72 bits per heavy atom. The summed E-state index contributed by atoms with van der Waals surface area (Å²) in [6, 6.07) is 7.28. The summed E-state index contributed by atoms with van der Waals surface area (Å²) in [5, 5.41) is 12.7. The van der Waals surface area contributed by atoms with E-state index in [1.165, 1.54) is 22.3 Å². The molecule has 0 atom stereocenters. The number of carbonyl (C=O) groups excluding carboxylic acids is 3. The van der Waals surface area contributed by atoms with Crippen LogP contribution in [0.4, 0.5) is 5.69 Å². The third-order valence-corrected chi connectivity index (χ3v) is 4.85. The first kappa shape index (κ1) is 17.1. The molecule has 1 aliphatic rings. The van der Waals surface area contributed by atoms with Gasteiger partial charge in [-0.3, -0.25) is 19.3 Å². The molecule has 8 heteroatoms. The topological polar surface area (TPSA) is 90.0 Å². The van der Waals surface area contributed by atoms with E-state index in [-0.39, 0.29) is 24.8 Å². The molecule has 1 aromatic heterocycles. The number of benzene rings is 1. The predicted molar refractivity (Wildman–Crippen MR) is 95.4 cm³/mol. The van der Waals surface area contributed by atoms with Gasteiger partial charge in [0.05, 0.1) is 18.0 Å². The van der Waals surface area contributed by atoms with Crippen molar-refractivity contribution in [1.29, 1.82) is 0 Å². The lowest BCUT2D eigenvalue weighted by molar-refractivity contribution is -0.137. The van der Waals surface area contributed by atoms with E-state index >= 15 is 0 Å². The van der Waals surface area contributed by atoms with Crippen molar-refractivity contribution < 1.29 is 19.5 Å². The molecule has 0 fully saturated rings. The van der Waals surface area contributed by atoms with Crippen LogP contribution >= 0.6 is 11.3 Å². The highest BCUT2D eigenvalue weighted by atomic mass is 32.1. The van der Waals surface area contributed by atoms with E-state index in [1.807, 2.05) is 18.2 Å². The molecule has 0 aliphatic carbocycles. The average Bonchev–Trinajstić information content (AvgIpc) is 3.10. The SMILES string of the molecule is CN(C)C(=O)c1cc2cc(NC3=CC(=O)N(CCO)C3=O)ccc2s1. The third kappa shape index (κ3) is 3.26. The molecular weight excluding hydrogens is 342 g/mol. The molecular formula is C17H17N3O4S. The second kappa shape index (κ2) is 6.66.